The number of piperidine rings is 1. The van der Waals surface area contributed by atoms with Gasteiger partial charge in [-0.05, 0) is 61.2 Å². The second-order valence-corrected chi connectivity index (χ2v) is 8.44. The van der Waals surface area contributed by atoms with Gasteiger partial charge >= 0.3 is 0 Å². The predicted octanol–water partition coefficient (Wildman–Crippen LogP) is 6.07. The van der Waals surface area contributed by atoms with Crippen molar-refractivity contribution in [1.82, 2.24) is 4.90 Å². The molecule has 1 atom stereocenters. The van der Waals surface area contributed by atoms with E-state index in [-0.39, 0.29) is 5.91 Å². The Bertz CT molecular complexity index is 1190. The van der Waals surface area contributed by atoms with E-state index >= 15 is 0 Å². The maximum atomic E-state index is 12.7. The van der Waals surface area contributed by atoms with Gasteiger partial charge in [0.2, 0.25) is 0 Å². The molecule has 5 rings (SSSR count). The zero-order valence-corrected chi connectivity index (χ0v) is 17.2. The molecule has 0 radical (unpaired) electrons. The summed E-state index contributed by atoms with van der Waals surface area (Å²) in [6.07, 6.45) is 2.60. The molecule has 0 saturated carbocycles. The third-order valence-corrected chi connectivity index (χ3v) is 6.00. The lowest BCUT2D eigenvalue weighted by Crippen LogP contribution is -2.33. The minimum Gasteiger partial charge on any atom is -0.456 e. The lowest BCUT2D eigenvalue weighted by atomic mass is 9.99. The predicted molar refractivity (Wildman–Crippen MR) is 122 cm³/mol. The smallest absolute Gasteiger partial charge is 0.255 e. The maximum Gasteiger partial charge on any atom is 0.255 e. The molecule has 3 aromatic carbocycles. The largest absolute Gasteiger partial charge is 0.456 e. The van der Waals surface area contributed by atoms with Crippen molar-refractivity contribution in [1.29, 1.82) is 0 Å². The molecule has 1 fully saturated rings. The van der Waals surface area contributed by atoms with Gasteiger partial charge < -0.3 is 9.73 Å². The number of rotatable bonds is 4. The fourth-order valence-electron chi connectivity index (χ4n) is 4.46. The summed E-state index contributed by atoms with van der Waals surface area (Å²) in [5.74, 6) is 0.663. The average Bonchev–Trinajstić information content (AvgIpc) is 3.12. The van der Waals surface area contributed by atoms with Crippen molar-refractivity contribution in [2.45, 2.75) is 26.3 Å². The number of carbonyl (C=O) groups excluding carboxylic acids is 1. The van der Waals surface area contributed by atoms with E-state index in [0.717, 1.165) is 53.2 Å². The Balaban J connectivity index is 1.28. The molecule has 1 aliphatic rings. The number of anilines is 1. The molecule has 0 bridgehead atoms. The number of fused-ring (bicyclic) bond motifs is 3. The molecule has 4 nitrogen and oxygen atoms in total. The van der Waals surface area contributed by atoms with Crippen LogP contribution in [0.2, 0.25) is 0 Å². The van der Waals surface area contributed by atoms with Crippen LogP contribution in [0.15, 0.2) is 71.1 Å². The van der Waals surface area contributed by atoms with Gasteiger partial charge in [-0.15, -0.1) is 0 Å². The summed E-state index contributed by atoms with van der Waals surface area (Å²) in [7, 11) is 0. The number of amides is 1. The lowest BCUT2D eigenvalue weighted by molar-refractivity contribution is 0.102. The second-order valence-electron chi connectivity index (χ2n) is 8.44. The van der Waals surface area contributed by atoms with Gasteiger partial charge in [0.25, 0.3) is 5.91 Å². The van der Waals surface area contributed by atoms with E-state index in [1.54, 1.807) is 0 Å². The Morgan fingerprint density at radius 2 is 1.83 bits per heavy atom. The van der Waals surface area contributed by atoms with Gasteiger partial charge in [0.15, 0.2) is 0 Å². The van der Waals surface area contributed by atoms with Crippen molar-refractivity contribution in [3.63, 3.8) is 0 Å². The van der Waals surface area contributed by atoms with Crippen molar-refractivity contribution >= 4 is 33.5 Å². The van der Waals surface area contributed by atoms with Gasteiger partial charge in [0.1, 0.15) is 11.2 Å². The summed E-state index contributed by atoms with van der Waals surface area (Å²) in [6, 6.07) is 21.7. The van der Waals surface area contributed by atoms with E-state index in [0.29, 0.717) is 5.56 Å². The Kier molecular flexibility index (Phi) is 5.01. The molecule has 1 amide bonds. The Hall–Kier alpha value is -3.11. The van der Waals surface area contributed by atoms with Crippen molar-refractivity contribution in [2.24, 2.45) is 5.92 Å². The Labute approximate surface area is 176 Å². The topological polar surface area (TPSA) is 45.5 Å². The molecule has 1 N–H and O–H groups in total. The van der Waals surface area contributed by atoms with Crippen molar-refractivity contribution in [3.8, 4) is 0 Å². The van der Waals surface area contributed by atoms with E-state index in [1.165, 1.54) is 18.4 Å². The van der Waals surface area contributed by atoms with Crippen LogP contribution in [0.5, 0.6) is 0 Å². The fourth-order valence-corrected chi connectivity index (χ4v) is 4.46. The molecule has 4 aromatic rings. The number of furan rings is 1. The zero-order chi connectivity index (χ0) is 20.5. The first kappa shape index (κ1) is 18.9. The van der Waals surface area contributed by atoms with Crippen LogP contribution in [0.3, 0.4) is 0 Å². The molecule has 30 heavy (non-hydrogen) atoms. The lowest BCUT2D eigenvalue weighted by Gasteiger charge is -2.30. The fraction of sp³-hybridized carbons (Fsp3) is 0.269. The van der Waals surface area contributed by atoms with E-state index in [1.807, 2.05) is 54.6 Å². The number of nitrogens with zero attached hydrogens (tertiary/aromatic N) is 1. The van der Waals surface area contributed by atoms with Gasteiger partial charge in [-0.25, -0.2) is 0 Å². The van der Waals surface area contributed by atoms with E-state index in [2.05, 4.69) is 29.3 Å². The highest BCUT2D eigenvalue weighted by Crippen LogP contribution is 2.30. The first-order valence-corrected chi connectivity index (χ1v) is 10.7. The third-order valence-electron chi connectivity index (χ3n) is 6.00. The van der Waals surface area contributed by atoms with E-state index < -0.39 is 0 Å². The molecule has 0 unspecified atom stereocenters. The summed E-state index contributed by atoms with van der Waals surface area (Å²) in [5, 5.41) is 5.13. The molecule has 152 valence electrons. The van der Waals surface area contributed by atoms with Gasteiger partial charge in [-0.2, -0.15) is 0 Å². The second kappa shape index (κ2) is 7.96. The summed E-state index contributed by atoms with van der Waals surface area (Å²) < 4.78 is 5.92. The summed E-state index contributed by atoms with van der Waals surface area (Å²) in [6.45, 7) is 5.60. The normalized spacial score (nSPS) is 17.4. The van der Waals surface area contributed by atoms with Crippen molar-refractivity contribution in [3.05, 3.63) is 77.9 Å². The highest BCUT2D eigenvalue weighted by molar-refractivity contribution is 6.08. The van der Waals surface area contributed by atoms with Gasteiger partial charge in [0.05, 0.1) is 0 Å². The van der Waals surface area contributed by atoms with Crippen LogP contribution in [0, 0.1) is 5.92 Å². The standard InChI is InChI=1S/C26H26N2O2/c1-18-5-4-14-28(16-18)17-19-8-10-20(11-9-19)26(29)27-21-12-13-23-22-6-2-3-7-24(22)30-25(23)15-21/h2-3,6-13,15,18H,4-5,14,16-17H2,1H3,(H,27,29)/t18-/m1/s1. The molecular formula is C26H26N2O2. The van der Waals surface area contributed by atoms with Crippen molar-refractivity contribution in [2.75, 3.05) is 18.4 Å². The SMILES string of the molecule is C[C@@H]1CCCN(Cc2ccc(C(=O)Nc3ccc4c(c3)oc3ccccc34)cc2)C1. The summed E-state index contributed by atoms with van der Waals surface area (Å²) >= 11 is 0. The Morgan fingerprint density at radius 1 is 1.03 bits per heavy atom. The van der Waals surface area contributed by atoms with Crippen molar-refractivity contribution < 1.29 is 9.21 Å². The molecule has 1 aliphatic heterocycles. The number of carbonyl (C=O) groups is 1. The molecular weight excluding hydrogens is 372 g/mol. The number of likely N-dealkylation sites (tertiary alicyclic amines) is 1. The number of para-hydroxylation sites is 1. The molecule has 2 heterocycles. The molecule has 4 heteroatoms. The number of hydrogen-bond acceptors (Lipinski definition) is 3. The first-order chi connectivity index (χ1) is 14.7. The van der Waals surface area contributed by atoms with Crippen LogP contribution in [-0.4, -0.2) is 23.9 Å². The minimum absolute atomic E-state index is 0.108. The number of hydrogen-bond donors (Lipinski definition) is 1. The van der Waals surface area contributed by atoms with Gasteiger partial charge in [-0.3, -0.25) is 9.69 Å². The van der Waals surface area contributed by atoms with Crippen LogP contribution in [-0.2, 0) is 6.54 Å². The summed E-state index contributed by atoms with van der Waals surface area (Å²) in [5.41, 5.74) is 4.28. The van der Waals surface area contributed by atoms with Crippen LogP contribution in [0.4, 0.5) is 5.69 Å². The Morgan fingerprint density at radius 3 is 2.67 bits per heavy atom. The average molecular weight is 399 g/mol. The van der Waals surface area contributed by atoms with E-state index in [9.17, 15) is 4.79 Å². The minimum atomic E-state index is -0.108. The first-order valence-electron chi connectivity index (χ1n) is 10.7. The quantitative estimate of drug-likeness (QED) is 0.454. The highest BCUT2D eigenvalue weighted by atomic mass is 16.3. The van der Waals surface area contributed by atoms with Crippen LogP contribution in [0.1, 0.15) is 35.7 Å². The number of benzene rings is 3. The highest BCUT2D eigenvalue weighted by Gasteiger charge is 2.16. The van der Waals surface area contributed by atoms with Gasteiger partial charge in [-0.1, -0.05) is 37.3 Å². The van der Waals surface area contributed by atoms with Crippen LogP contribution >= 0.6 is 0 Å². The summed E-state index contributed by atoms with van der Waals surface area (Å²) in [4.78, 5) is 15.2. The van der Waals surface area contributed by atoms with E-state index in [4.69, 9.17) is 4.42 Å². The molecule has 1 saturated heterocycles. The number of nitrogens with one attached hydrogen (secondary N) is 1. The zero-order valence-electron chi connectivity index (χ0n) is 17.2. The van der Waals surface area contributed by atoms with Crippen LogP contribution in [0.25, 0.3) is 21.9 Å². The molecule has 1 aromatic heterocycles. The third kappa shape index (κ3) is 3.83. The molecule has 0 aliphatic carbocycles. The molecule has 0 spiro atoms. The monoisotopic (exact) mass is 398 g/mol. The van der Waals surface area contributed by atoms with Crippen LogP contribution < -0.4 is 5.32 Å². The maximum absolute atomic E-state index is 12.7. The van der Waals surface area contributed by atoms with Gasteiger partial charge in [0, 0.05) is 41.2 Å².